The van der Waals surface area contributed by atoms with Crippen molar-refractivity contribution in [2.45, 2.75) is 57.5 Å². The summed E-state index contributed by atoms with van der Waals surface area (Å²) >= 11 is 3.47. The molecule has 0 fully saturated rings. The van der Waals surface area contributed by atoms with Crippen molar-refractivity contribution in [3.8, 4) is 0 Å². The van der Waals surface area contributed by atoms with E-state index < -0.39 is 0 Å². The molecule has 0 spiro atoms. The molecule has 1 aromatic carbocycles. The van der Waals surface area contributed by atoms with E-state index in [4.69, 9.17) is 5.73 Å². The SMILES string of the molecule is CCCCCCCC(O)C(CN)c1cccc(Br)c1. The van der Waals surface area contributed by atoms with E-state index in [9.17, 15) is 5.11 Å². The Labute approximate surface area is 125 Å². The Bertz CT molecular complexity index is 356. The molecule has 1 aromatic rings. The second-order valence-electron chi connectivity index (χ2n) is 5.17. The van der Waals surface area contributed by atoms with Crippen LogP contribution in [0.5, 0.6) is 0 Å². The summed E-state index contributed by atoms with van der Waals surface area (Å²) in [7, 11) is 0. The molecule has 3 heteroatoms. The van der Waals surface area contributed by atoms with Gasteiger partial charge in [0.25, 0.3) is 0 Å². The maximum atomic E-state index is 10.3. The third-order valence-corrected chi connectivity index (χ3v) is 4.09. The van der Waals surface area contributed by atoms with Crippen LogP contribution in [0.15, 0.2) is 28.7 Å². The number of halogens is 1. The Morgan fingerprint density at radius 1 is 1.21 bits per heavy atom. The molecule has 0 aromatic heterocycles. The van der Waals surface area contributed by atoms with Gasteiger partial charge in [-0.15, -0.1) is 0 Å². The third kappa shape index (κ3) is 6.07. The number of hydrogen-bond acceptors (Lipinski definition) is 2. The molecular formula is C16H26BrNO. The number of aliphatic hydroxyl groups excluding tert-OH is 1. The minimum Gasteiger partial charge on any atom is -0.392 e. The van der Waals surface area contributed by atoms with Gasteiger partial charge in [0.15, 0.2) is 0 Å². The molecule has 0 aliphatic heterocycles. The van der Waals surface area contributed by atoms with E-state index in [2.05, 4.69) is 28.9 Å². The predicted octanol–water partition coefficient (Wildman–Crippen LogP) is 4.21. The van der Waals surface area contributed by atoms with Gasteiger partial charge in [0.2, 0.25) is 0 Å². The fourth-order valence-corrected chi connectivity index (χ4v) is 2.83. The summed E-state index contributed by atoms with van der Waals surface area (Å²) in [6, 6.07) is 8.09. The molecule has 108 valence electrons. The molecule has 0 aliphatic rings. The smallest absolute Gasteiger partial charge is 0.0620 e. The van der Waals surface area contributed by atoms with Gasteiger partial charge in [-0.2, -0.15) is 0 Å². The van der Waals surface area contributed by atoms with E-state index in [1.165, 1.54) is 25.7 Å². The standard InChI is InChI=1S/C16H26BrNO/c1-2-3-4-5-6-10-16(19)15(12-18)13-8-7-9-14(17)11-13/h7-9,11,15-16,19H,2-6,10,12,18H2,1H3. The zero-order valence-electron chi connectivity index (χ0n) is 11.8. The summed E-state index contributed by atoms with van der Waals surface area (Å²) in [5.74, 6) is 0.0451. The molecule has 1 rings (SSSR count). The third-order valence-electron chi connectivity index (χ3n) is 3.60. The van der Waals surface area contributed by atoms with Crippen molar-refractivity contribution < 1.29 is 5.11 Å². The maximum Gasteiger partial charge on any atom is 0.0620 e. The summed E-state index contributed by atoms with van der Waals surface area (Å²) in [4.78, 5) is 0. The van der Waals surface area contributed by atoms with E-state index in [0.717, 1.165) is 22.9 Å². The van der Waals surface area contributed by atoms with Gasteiger partial charge in [-0.1, -0.05) is 67.1 Å². The summed E-state index contributed by atoms with van der Waals surface area (Å²) < 4.78 is 1.04. The zero-order chi connectivity index (χ0) is 14.1. The lowest BCUT2D eigenvalue weighted by Crippen LogP contribution is -2.25. The van der Waals surface area contributed by atoms with Crippen LogP contribution in [-0.2, 0) is 0 Å². The largest absolute Gasteiger partial charge is 0.392 e. The number of aliphatic hydroxyl groups is 1. The maximum absolute atomic E-state index is 10.3. The van der Waals surface area contributed by atoms with Crippen molar-refractivity contribution in [3.05, 3.63) is 34.3 Å². The van der Waals surface area contributed by atoms with Crippen LogP contribution in [0.25, 0.3) is 0 Å². The fourth-order valence-electron chi connectivity index (χ4n) is 2.41. The van der Waals surface area contributed by atoms with Crippen molar-refractivity contribution in [3.63, 3.8) is 0 Å². The van der Waals surface area contributed by atoms with Gasteiger partial charge in [-0.3, -0.25) is 0 Å². The van der Waals surface area contributed by atoms with E-state index >= 15 is 0 Å². The lowest BCUT2D eigenvalue weighted by Gasteiger charge is -2.22. The molecule has 2 atom stereocenters. The van der Waals surface area contributed by atoms with Crippen molar-refractivity contribution in [2.24, 2.45) is 5.73 Å². The quantitative estimate of drug-likeness (QED) is 0.667. The minimum atomic E-state index is -0.332. The number of benzene rings is 1. The van der Waals surface area contributed by atoms with Crippen LogP contribution in [0, 0.1) is 0 Å². The van der Waals surface area contributed by atoms with Crippen LogP contribution < -0.4 is 5.73 Å². The van der Waals surface area contributed by atoms with Gasteiger partial charge in [-0.05, 0) is 24.1 Å². The summed E-state index contributed by atoms with van der Waals surface area (Å²) in [6.07, 6.45) is 6.63. The van der Waals surface area contributed by atoms with Gasteiger partial charge >= 0.3 is 0 Å². The Kier molecular flexibility index (Phi) is 8.35. The molecule has 0 saturated heterocycles. The number of rotatable bonds is 9. The normalized spacial score (nSPS) is 14.3. The highest BCUT2D eigenvalue weighted by Crippen LogP contribution is 2.25. The molecule has 2 unspecified atom stereocenters. The summed E-state index contributed by atoms with van der Waals surface area (Å²) in [6.45, 7) is 2.71. The van der Waals surface area contributed by atoms with E-state index in [-0.39, 0.29) is 12.0 Å². The lowest BCUT2D eigenvalue weighted by atomic mass is 9.90. The second kappa shape index (κ2) is 9.51. The van der Waals surface area contributed by atoms with Crippen molar-refractivity contribution in [2.75, 3.05) is 6.54 Å². The summed E-state index contributed by atoms with van der Waals surface area (Å²) in [5, 5.41) is 10.3. The van der Waals surface area contributed by atoms with E-state index in [0.29, 0.717) is 6.54 Å². The second-order valence-corrected chi connectivity index (χ2v) is 6.08. The Balaban J connectivity index is 2.45. The molecule has 3 N–H and O–H groups in total. The monoisotopic (exact) mass is 327 g/mol. The van der Waals surface area contributed by atoms with Gasteiger partial charge in [0, 0.05) is 16.9 Å². The fraction of sp³-hybridized carbons (Fsp3) is 0.625. The first kappa shape index (κ1) is 16.7. The molecule has 2 nitrogen and oxygen atoms in total. The van der Waals surface area contributed by atoms with Gasteiger partial charge in [0.1, 0.15) is 0 Å². The van der Waals surface area contributed by atoms with Gasteiger partial charge in [0.05, 0.1) is 6.10 Å². The van der Waals surface area contributed by atoms with Crippen LogP contribution >= 0.6 is 15.9 Å². The van der Waals surface area contributed by atoms with Crippen LogP contribution in [0.4, 0.5) is 0 Å². The molecule has 0 heterocycles. The number of hydrogen-bond donors (Lipinski definition) is 2. The van der Waals surface area contributed by atoms with E-state index in [1.807, 2.05) is 18.2 Å². The Hall–Kier alpha value is -0.380. The predicted molar refractivity (Wildman–Crippen MR) is 85.3 cm³/mol. The molecule has 0 amide bonds. The highest BCUT2D eigenvalue weighted by molar-refractivity contribution is 9.10. The highest BCUT2D eigenvalue weighted by Gasteiger charge is 2.19. The topological polar surface area (TPSA) is 46.2 Å². The molecule has 0 saturated carbocycles. The van der Waals surface area contributed by atoms with Crippen LogP contribution in [-0.4, -0.2) is 17.8 Å². The van der Waals surface area contributed by atoms with Gasteiger partial charge < -0.3 is 10.8 Å². The first-order valence-corrected chi connectivity index (χ1v) is 8.12. The minimum absolute atomic E-state index is 0.0451. The van der Waals surface area contributed by atoms with Crippen LogP contribution in [0.2, 0.25) is 0 Å². The molecular weight excluding hydrogens is 302 g/mol. The molecule has 0 radical (unpaired) electrons. The molecule has 0 bridgehead atoms. The highest BCUT2D eigenvalue weighted by atomic mass is 79.9. The Morgan fingerprint density at radius 3 is 2.58 bits per heavy atom. The van der Waals surface area contributed by atoms with Crippen LogP contribution in [0.1, 0.15) is 56.9 Å². The number of nitrogens with two attached hydrogens (primary N) is 1. The average Bonchev–Trinajstić information content (AvgIpc) is 2.39. The van der Waals surface area contributed by atoms with Gasteiger partial charge in [-0.25, -0.2) is 0 Å². The van der Waals surface area contributed by atoms with Crippen LogP contribution in [0.3, 0.4) is 0 Å². The molecule has 19 heavy (non-hydrogen) atoms. The van der Waals surface area contributed by atoms with Crippen molar-refractivity contribution in [1.29, 1.82) is 0 Å². The van der Waals surface area contributed by atoms with E-state index in [1.54, 1.807) is 0 Å². The summed E-state index contributed by atoms with van der Waals surface area (Å²) in [5.41, 5.74) is 6.96. The zero-order valence-corrected chi connectivity index (χ0v) is 13.4. The average molecular weight is 328 g/mol. The Morgan fingerprint density at radius 2 is 1.95 bits per heavy atom. The number of unbranched alkanes of at least 4 members (excludes halogenated alkanes) is 4. The van der Waals surface area contributed by atoms with Crippen molar-refractivity contribution in [1.82, 2.24) is 0 Å². The lowest BCUT2D eigenvalue weighted by molar-refractivity contribution is 0.132. The molecule has 0 aliphatic carbocycles. The first-order valence-electron chi connectivity index (χ1n) is 7.32. The first-order chi connectivity index (χ1) is 9.19. The van der Waals surface area contributed by atoms with Crippen molar-refractivity contribution >= 4 is 15.9 Å².